The quantitative estimate of drug-likeness (QED) is 0.570. The topological polar surface area (TPSA) is 38.5 Å². The van der Waals surface area contributed by atoms with Crippen molar-refractivity contribution in [1.82, 2.24) is 0 Å². The van der Waals surface area contributed by atoms with Crippen LogP contribution in [0.2, 0.25) is 0 Å². The van der Waals surface area contributed by atoms with E-state index in [0.717, 1.165) is 25.7 Å². The molecule has 0 atom stereocenters. The summed E-state index contributed by atoms with van der Waals surface area (Å²) in [7, 11) is 0. The van der Waals surface area contributed by atoms with Crippen molar-refractivity contribution in [3.05, 3.63) is 4.91 Å². The summed E-state index contributed by atoms with van der Waals surface area (Å²) < 4.78 is 0. The zero-order valence-corrected chi connectivity index (χ0v) is 9.66. The molecular formula is C10H22NO3+. The molecule has 0 saturated carbocycles. The normalized spacial score (nSPS) is 10.7. The first-order valence-electron chi connectivity index (χ1n) is 5.48. The minimum absolute atomic E-state index is 0.0399. The van der Waals surface area contributed by atoms with Crippen molar-refractivity contribution < 1.29 is 14.8 Å². The molecule has 4 heteroatoms. The first-order chi connectivity index (χ1) is 6.67. The van der Waals surface area contributed by atoms with Crippen molar-refractivity contribution in [2.45, 2.75) is 65.6 Å². The molecule has 0 aromatic heterocycles. The van der Waals surface area contributed by atoms with Crippen LogP contribution in [0, 0.1) is 4.91 Å². The van der Waals surface area contributed by atoms with Crippen molar-refractivity contribution in [2.75, 3.05) is 0 Å². The summed E-state index contributed by atoms with van der Waals surface area (Å²) in [4.78, 5) is 21.2. The van der Waals surface area contributed by atoms with Crippen LogP contribution in [-0.2, 0) is 9.68 Å². The predicted molar refractivity (Wildman–Crippen MR) is 54.5 cm³/mol. The van der Waals surface area contributed by atoms with Crippen molar-refractivity contribution >= 4 is 0 Å². The van der Waals surface area contributed by atoms with Gasteiger partial charge in [0, 0.05) is 0 Å². The Bertz CT molecular complexity index is 137. The second-order valence-electron chi connectivity index (χ2n) is 3.31. The predicted octanol–water partition coefficient (Wildman–Crippen LogP) is 3.01. The Morgan fingerprint density at radius 3 is 1.36 bits per heavy atom. The number of rotatable bonds is 8. The van der Waals surface area contributed by atoms with E-state index >= 15 is 0 Å². The summed E-state index contributed by atoms with van der Waals surface area (Å²) in [5.74, 6) is 0. The van der Waals surface area contributed by atoms with Crippen molar-refractivity contribution in [3.63, 3.8) is 0 Å². The minimum Gasteiger partial charge on any atom is -0.183 e. The van der Waals surface area contributed by atoms with Gasteiger partial charge in [0.05, 0.1) is 0 Å². The van der Waals surface area contributed by atoms with Crippen LogP contribution in [0.15, 0.2) is 0 Å². The van der Waals surface area contributed by atoms with Gasteiger partial charge in [0.25, 0.3) is 0 Å². The number of hydrogen-bond acceptors (Lipinski definition) is 3. The highest BCUT2D eigenvalue weighted by molar-refractivity contribution is 4.47. The number of hydrogen-bond donors (Lipinski definition) is 0. The molecule has 0 aromatic carbocycles. The highest BCUT2D eigenvalue weighted by atomic mass is 17.0. The molecule has 84 valence electrons. The molecule has 0 rings (SSSR count). The van der Waals surface area contributed by atoms with Gasteiger partial charge in [-0.1, -0.05) is 27.7 Å². The third kappa shape index (κ3) is 5.04. The maximum Gasteiger partial charge on any atom is 0.478 e. The second-order valence-corrected chi connectivity index (χ2v) is 3.31. The minimum atomic E-state index is -0.0399. The fourth-order valence-corrected chi connectivity index (χ4v) is 1.14. The summed E-state index contributed by atoms with van der Waals surface area (Å²) in [5.41, 5.74) is 0. The Labute approximate surface area is 86.1 Å². The molecule has 4 nitrogen and oxygen atoms in total. The molecule has 0 saturated heterocycles. The molecule has 0 spiro atoms. The van der Waals surface area contributed by atoms with Crippen LogP contribution >= 0.6 is 0 Å². The van der Waals surface area contributed by atoms with Crippen molar-refractivity contribution in [3.8, 4) is 0 Å². The van der Waals surface area contributed by atoms with Crippen molar-refractivity contribution in [2.24, 2.45) is 0 Å². The molecule has 0 radical (unpaired) electrons. The molecule has 0 aliphatic carbocycles. The van der Waals surface area contributed by atoms with Crippen LogP contribution in [0.25, 0.3) is 0 Å². The van der Waals surface area contributed by atoms with E-state index in [2.05, 4.69) is 0 Å². The maximum absolute atomic E-state index is 11.2. The van der Waals surface area contributed by atoms with Crippen LogP contribution in [0.3, 0.4) is 0 Å². The highest BCUT2D eigenvalue weighted by Crippen LogP contribution is 2.07. The van der Waals surface area contributed by atoms with Crippen LogP contribution in [0.4, 0.5) is 0 Å². The van der Waals surface area contributed by atoms with Gasteiger partial charge in [-0.05, 0) is 25.7 Å². The van der Waals surface area contributed by atoms with E-state index in [9.17, 15) is 4.91 Å². The van der Waals surface area contributed by atoms with Gasteiger partial charge in [0.1, 0.15) is 4.91 Å². The zero-order valence-electron chi connectivity index (χ0n) is 9.66. The molecule has 0 aliphatic heterocycles. The lowest BCUT2D eigenvalue weighted by molar-refractivity contribution is -0.993. The van der Waals surface area contributed by atoms with Gasteiger partial charge < -0.3 is 0 Å². The van der Waals surface area contributed by atoms with Crippen LogP contribution in [-0.4, -0.2) is 17.3 Å². The van der Waals surface area contributed by atoms with E-state index < -0.39 is 0 Å². The fourth-order valence-electron chi connectivity index (χ4n) is 1.14. The Morgan fingerprint density at radius 1 is 0.857 bits per heavy atom. The number of nitrogens with zero attached hydrogens (tertiary/aromatic N) is 1. The summed E-state index contributed by atoms with van der Waals surface area (Å²) in [5, 5.41) is 0.273. The van der Waals surface area contributed by atoms with E-state index in [1.807, 2.05) is 27.7 Å². The molecule has 0 aromatic rings. The molecule has 0 amide bonds. The monoisotopic (exact) mass is 204 g/mol. The van der Waals surface area contributed by atoms with Crippen LogP contribution in [0.5, 0.6) is 0 Å². The zero-order chi connectivity index (χ0) is 11.0. The Kier molecular flexibility index (Phi) is 7.16. The summed E-state index contributed by atoms with van der Waals surface area (Å²) in [6.07, 6.45) is 3.20. The molecule has 0 heterocycles. The lowest BCUT2D eigenvalue weighted by atomic mass is 10.2. The molecule has 0 N–H and O–H groups in total. The summed E-state index contributed by atoms with van der Waals surface area (Å²) in [6.45, 7) is 7.94. The van der Waals surface area contributed by atoms with E-state index in [-0.39, 0.29) is 17.3 Å². The van der Waals surface area contributed by atoms with Gasteiger partial charge >= 0.3 is 5.09 Å². The largest absolute Gasteiger partial charge is 0.478 e. The lowest BCUT2D eigenvalue weighted by Crippen LogP contribution is -2.24. The first-order valence-corrected chi connectivity index (χ1v) is 5.48. The van der Waals surface area contributed by atoms with Crippen LogP contribution < -0.4 is 0 Å². The van der Waals surface area contributed by atoms with Gasteiger partial charge in [-0.25, -0.2) is 0 Å². The van der Waals surface area contributed by atoms with E-state index in [1.54, 1.807) is 0 Å². The lowest BCUT2D eigenvalue weighted by Gasteiger charge is -2.07. The first kappa shape index (κ1) is 13.2. The molecular weight excluding hydrogens is 182 g/mol. The van der Waals surface area contributed by atoms with Crippen molar-refractivity contribution in [1.29, 1.82) is 0 Å². The van der Waals surface area contributed by atoms with E-state index in [1.165, 1.54) is 0 Å². The van der Waals surface area contributed by atoms with Gasteiger partial charge in [-0.2, -0.15) is 9.68 Å². The SMILES string of the molecule is CCC(CC)O[N+](=O)OC(CC)CC. The average Bonchev–Trinajstić information content (AvgIpc) is 2.22. The van der Waals surface area contributed by atoms with Gasteiger partial charge in [0.15, 0.2) is 12.2 Å². The summed E-state index contributed by atoms with van der Waals surface area (Å²) >= 11 is 0. The van der Waals surface area contributed by atoms with E-state index in [0.29, 0.717) is 0 Å². The third-order valence-electron chi connectivity index (χ3n) is 2.29. The molecule has 0 aliphatic rings. The fraction of sp³-hybridized carbons (Fsp3) is 1.00. The Hall–Kier alpha value is -0.800. The smallest absolute Gasteiger partial charge is 0.183 e. The molecule has 14 heavy (non-hydrogen) atoms. The third-order valence-corrected chi connectivity index (χ3v) is 2.29. The molecule has 0 unspecified atom stereocenters. The summed E-state index contributed by atoms with van der Waals surface area (Å²) in [6, 6.07) is 0. The second kappa shape index (κ2) is 7.59. The molecule has 0 bridgehead atoms. The maximum atomic E-state index is 11.2. The Morgan fingerprint density at radius 2 is 1.14 bits per heavy atom. The Balaban J connectivity index is 3.83. The standard InChI is InChI=1S/C10H22NO3/c1-5-9(6-2)13-11(12)14-10(7-3)8-4/h9-10H,5-8H2,1-4H3/q+1. The van der Waals surface area contributed by atoms with Gasteiger partial charge in [0.2, 0.25) is 0 Å². The molecule has 0 fully saturated rings. The highest BCUT2D eigenvalue weighted by Gasteiger charge is 2.23. The van der Waals surface area contributed by atoms with Gasteiger partial charge in [-0.3, -0.25) is 0 Å². The van der Waals surface area contributed by atoms with Gasteiger partial charge in [-0.15, -0.1) is 0 Å². The van der Waals surface area contributed by atoms with E-state index in [4.69, 9.17) is 9.68 Å². The van der Waals surface area contributed by atoms with Crippen LogP contribution in [0.1, 0.15) is 53.4 Å². The average molecular weight is 204 g/mol.